The van der Waals surface area contributed by atoms with Crippen molar-refractivity contribution in [3.63, 3.8) is 0 Å². The fourth-order valence-corrected chi connectivity index (χ4v) is 3.94. The molecule has 1 aliphatic rings. The minimum atomic E-state index is 0.452. The lowest BCUT2D eigenvalue weighted by atomic mass is 10.0. The van der Waals surface area contributed by atoms with Gasteiger partial charge in [0.15, 0.2) is 4.34 Å². The molecule has 2 heterocycles. The predicted octanol–water partition coefficient (Wildman–Crippen LogP) is 3.86. The van der Waals surface area contributed by atoms with Crippen LogP contribution in [-0.4, -0.2) is 30.5 Å². The number of anilines is 1. The molecule has 0 bridgehead atoms. The second-order valence-corrected chi connectivity index (χ2v) is 7.01. The first kappa shape index (κ1) is 13.2. The van der Waals surface area contributed by atoms with Gasteiger partial charge in [0, 0.05) is 24.3 Å². The number of thioether (sulfide) groups is 1. The zero-order valence-corrected chi connectivity index (χ0v) is 12.8. The highest BCUT2D eigenvalue weighted by atomic mass is 32.2. The maximum Gasteiger partial charge on any atom is 0.150 e. The van der Waals surface area contributed by atoms with Gasteiger partial charge < -0.3 is 10.1 Å². The standard InChI is InChI=1S/C14H18N2OS2/c1-9(10-5-6-17-8-10)15-11-3-4-12-13(7-11)19-14(16-12)18-2/h3-4,7,9-10,15H,5-6,8H2,1-2H3. The monoisotopic (exact) mass is 294 g/mol. The summed E-state index contributed by atoms with van der Waals surface area (Å²) in [6.45, 7) is 4.03. The van der Waals surface area contributed by atoms with Crippen molar-refractivity contribution in [3.05, 3.63) is 18.2 Å². The number of rotatable bonds is 4. The number of fused-ring (bicyclic) bond motifs is 1. The lowest BCUT2D eigenvalue weighted by Crippen LogP contribution is -2.25. The quantitative estimate of drug-likeness (QED) is 0.868. The number of hydrogen-bond acceptors (Lipinski definition) is 5. The van der Waals surface area contributed by atoms with Crippen molar-refractivity contribution in [3.8, 4) is 0 Å². The van der Waals surface area contributed by atoms with Crippen molar-refractivity contribution >= 4 is 39.0 Å². The van der Waals surface area contributed by atoms with E-state index in [1.54, 1.807) is 23.1 Å². The van der Waals surface area contributed by atoms with Gasteiger partial charge in [0.2, 0.25) is 0 Å². The van der Waals surface area contributed by atoms with Crippen LogP contribution >= 0.6 is 23.1 Å². The third-order valence-electron chi connectivity index (χ3n) is 3.61. The molecule has 2 aromatic rings. The Labute approximate surface area is 121 Å². The van der Waals surface area contributed by atoms with Crippen molar-refractivity contribution in [1.82, 2.24) is 4.98 Å². The number of nitrogens with zero attached hydrogens (tertiary/aromatic N) is 1. The van der Waals surface area contributed by atoms with E-state index in [1.165, 1.54) is 10.4 Å². The van der Waals surface area contributed by atoms with Gasteiger partial charge in [-0.1, -0.05) is 11.8 Å². The van der Waals surface area contributed by atoms with Crippen molar-refractivity contribution in [1.29, 1.82) is 0 Å². The van der Waals surface area contributed by atoms with Gasteiger partial charge in [-0.15, -0.1) is 11.3 Å². The molecule has 1 aromatic carbocycles. The van der Waals surface area contributed by atoms with Crippen LogP contribution in [0.15, 0.2) is 22.5 Å². The number of ether oxygens (including phenoxy) is 1. The molecule has 1 N–H and O–H groups in total. The number of thiazole rings is 1. The summed E-state index contributed by atoms with van der Waals surface area (Å²) in [5, 5.41) is 3.60. The van der Waals surface area contributed by atoms with E-state index in [0.717, 1.165) is 29.5 Å². The summed E-state index contributed by atoms with van der Waals surface area (Å²) in [5.41, 5.74) is 2.28. The molecular weight excluding hydrogens is 276 g/mol. The van der Waals surface area contributed by atoms with Crippen LogP contribution in [0.2, 0.25) is 0 Å². The van der Waals surface area contributed by atoms with Crippen molar-refractivity contribution < 1.29 is 4.74 Å². The Morgan fingerprint density at radius 3 is 3.16 bits per heavy atom. The second-order valence-electron chi connectivity index (χ2n) is 4.92. The number of hydrogen-bond donors (Lipinski definition) is 1. The van der Waals surface area contributed by atoms with E-state index < -0.39 is 0 Å². The van der Waals surface area contributed by atoms with E-state index >= 15 is 0 Å². The fourth-order valence-electron chi connectivity index (χ4n) is 2.41. The molecule has 1 saturated heterocycles. The number of nitrogens with one attached hydrogen (secondary N) is 1. The fraction of sp³-hybridized carbons (Fsp3) is 0.500. The van der Waals surface area contributed by atoms with Gasteiger partial charge in [0.1, 0.15) is 0 Å². The second kappa shape index (κ2) is 5.69. The van der Waals surface area contributed by atoms with E-state index in [0.29, 0.717) is 12.0 Å². The van der Waals surface area contributed by atoms with E-state index in [-0.39, 0.29) is 0 Å². The summed E-state index contributed by atoms with van der Waals surface area (Å²) >= 11 is 3.46. The normalized spacial score (nSPS) is 20.8. The summed E-state index contributed by atoms with van der Waals surface area (Å²) in [6.07, 6.45) is 3.23. The summed E-state index contributed by atoms with van der Waals surface area (Å²) in [4.78, 5) is 4.56. The molecule has 0 spiro atoms. The maximum atomic E-state index is 5.45. The first-order valence-corrected chi connectivity index (χ1v) is 8.59. The third-order valence-corrected chi connectivity index (χ3v) is 5.61. The van der Waals surface area contributed by atoms with Crippen LogP contribution in [0.3, 0.4) is 0 Å². The van der Waals surface area contributed by atoms with Crippen molar-refractivity contribution in [2.24, 2.45) is 5.92 Å². The average molecular weight is 294 g/mol. The van der Waals surface area contributed by atoms with E-state index in [4.69, 9.17) is 4.74 Å². The molecule has 102 valence electrons. The lowest BCUT2D eigenvalue weighted by Gasteiger charge is -2.20. The number of benzene rings is 1. The summed E-state index contributed by atoms with van der Waals surface area (Å²) in [5.74, 6) is 0.624. The SMILES string of the molecule is CSc1nc2ccc(NC(C)C3CCOC3)cc2s1. The Hall–Kier alpha value is -0.780. The zero-order chi connectivity index (χ0) is 13.2. The van der Waals surface area contributed by atoms with E-state index in [9.17, 15) is 0 Å². The topological polar surface area (TPSA) is 34.2 Å². The van der Waals surface area contributed by atoms with Crippen LogP contribution in [0.1, 0.15) is 13.3 Å². The summed E-state index contributed by atoms with van der Waals surface area (Å²) in [7, 11) is 0. The molecule has 2 unspecified atom stereocenters. The molecule has 0 aliphatic carbocycles. The molecule has 0 radical (unpaired) electrons. The minimum absolute atomic E-state index is 0.452. The molecule has 3 rings (SSSR count). The van der Waals surface area contributed by atoms with Gasteiger partial charge in [0.25, 0.3) is 0 Å². The first-order chi connectivity index (χ1) is 9.26. The Kier molecular flexibility index (Phi) is 3.96. The van der Waals surface area contributed by atoms with Crippen LogP contribution < -0.4 is 5.32 Å². The molecular formula is C14H18N2OS2. The molecule has 0 amide bonds. The van der Waals surface area contributed by atoms with Crippen LogP contribution in [0.25, 0.3) is 10.2 Å². The number of aromatic nitrogens is 1. The van der Waals surface area contributed by atoms with Gasteiger partial charge >= 0.3 is 0 Å². The summed E-state index contributed by atoms with van der Waals surface area (Å²) < 4.78 is 7.84. The Balaban J connectivity index is 1.76. The Morgan fingerprint density at radius 1 is 1.53 bits per heavy atom. The minimum Gasteiger partial charge on any atom is -0.382 e. The molecule has 3 nitrogen and oxygen atoms in total. The van der Waals surface area contributed by atoms with Crippen molar-refractivity contribution in [2.75, 3.05) is 24.8 Å². The van der Waals surface area contributed by atoms with Gasteiger partial charge in [-0.3, -0.25) is 0 Å². The smallest absolute Gasteiger partial charge is 0.150 e. The predicted molar refractivity (Wildman–Crippen MR) is 83.4 cm³/mol. The maximum absolute atomic E-state index is 5.45. The van der Waals surface area contributed by atoms with Crippen molar-refractivity contribution in [2.45, 2.75) is 23.7 Å². The molecule has 1 aliphatic heterocycles. The molecule has 1 aromatic heterocycles. The average Bonchev–Trinajstić information content (AvgIpc) is 3.07. The molecule has 1 fully saturated rings. The zero-order valence-electron chi connectivity index (χ0n) is 11.2. The molecule has 0 saturated carbocycles. The summed E-state index contributed by atoms with van der Waals surface area (Å²) in [6, 6.07) is 6.89. The van der Waals surface area contributed by atoms with E-state index in [1.807, 2.05) is 0 Å². The van der Waals surface area contributed by atoms with Gasteiger partial charge in [-0.05, 0) is 37.8 Å². The molecule has 2 atom stereocenters. The van der Waals surface area contributed by atoms with Crippen LogP contribution in [-0.2, 0) is 4.74 Å². The van der Waals surface area contributed by atoms with Gasteiger partial charge in [0.05, 0.1) is 16.8 Å². The van der Waals surface area contributed by atoms with Gasteiger partial charge in [-0.2, -0.15) is 0 Å². The van der Waals surface area contributed by atoms with Gasteiger partial charge in [-0.25, -0.2) is 4.98 Å². The Morgan fingerprint density at radius 2 is 2.42 bits per heavy atom. The molecule has 5 heteroatoms. The highest BCUT2D eigenvalue weighted by Gasteiger charge is 2.22. The lowest BCUT2D eigenvalue weighted by molar-refractivity contribution is 0.183. The molecule has 19 heavy (non-hydrogen) atoms. The van der Waals surface area contributed by atoms with Crippen LogP contribution in [0, 0.1) is 5.92 Å². The Bertz CT molecular complexity index is 564. The van der Waals surface area contributed by atoms with Crippen LogP contribution in [0.5, 0.6) is 0 Å². The largest absolute Gasteiger partial charge is 0.382 e. The third kappa shape index (κ3) is 2.88. The highest BCUT2D eigenvalue weighted by Crippen LogP contribution is 2.30. The highest BCUT2D eigenvalue weighted by molar-refractivity contribution is 8.00. The van der Waals surface area contributed by atoms with E-state index in [2.05, 4.69) is 41.7 Å². The first-order valence-electron chi connectivity index (χ1n) is 6.55. The van der Waals surface area contributed by atoms with Crippen LogP contribution in [0.4, 0.5) is 5.69 Å².